The Morgan fingerprint density at radius 2 is 1.60 bits per heavy atom. The summed E-state index contributed by atoms with van der Waals surface area (Å²) in [5.74, 6) is -4.42. The van der Waals surface area contributed by atoms with Gasteiger partial charge in [-0.05, 0) is 60.1 Å². The zero-order valence-corrected chi connectivity index (χ0v) is 22.7. The lowest BCUT2D eigenvalue weighted by Crippen LogP contribution is -2.47. The standard InChI is InChI=1S/C30H33ClO9/c31-25-6-3-18(12-19(25)11-17-1-4-20(5-2-17)39-21-7-10-38-16-21)29-23(14-27(34)35)22(13-26(32)33)24(15-28(36)37)30(40-29)8-9-30/h1-6,12,21-24,29H,7-11,13-16H2,(H,32,33)(H,34,35)(H,36,37)/t21-,22+,23-,24-,29+/m0/s1. The molecular formula is C30H33ClO9. The Bertz CT molecular complexity index is 1250. The zero-order valence-electron chi connectivity index (χ0n) is 22.0. The van der Waals surface area contributed by atoms with E-state index < -0.39 is 47.4 Å². The van der Waals surface area contributed by atoms with Gasteiger partial charge in [0.05, 0.1) is 37.8 Å². The fourth-order valence-electron chi connectivity index (χ4n) is 6.36. The van der Waals surface area contributed by atoms with Gasteiger partial charge in [-0.15, -0.1) is 0 Å². The summed E-state index contributed by atoms with van der Waals surface area (Å²) in [6.07, 6.45) is 1.04. The quantitative estimate of drug-likeness (QED) is 0.340. The molecule has 10 heteroatoms. The average Bonchev–Trinajstić information content (AvgIpc) is 3.48. The summed E-state index contributed by atoms with van der Waals surface area (Å²) < 4.78 is 17.9. The SMILES string of the molecule is O=C(O)C[C@@H]1[C@H](CC(=O)O)[C@@H](c2ccc(Cl)c(Cc3ccc(O[C@H]4CCOC4)cc3)c2)OC2(CC2)[C@H]1CC(=O)O. The molecular weight excluding hydrogens is 540 g/mol. The van der Waals surface area contributed by atoms with Gasteiger partial charge in [0.15, 0.2) is 0 Å². The van der Waals surface area contributed by atoms with Crippen LogP contribution in [-0.2, 0) is 30.3 Å². The minimum atomic E-state index is -1.09. The Morgan fingerprint density at radius 1 is 0.925 bits per heavy atom. The summed E-state index contributed by atoms with van der Waals surface area (Å²) in [5.41, 5.74) is 1.77. The van der Waals surface area contributed by atoms with Crippen molar-refractivity contribution >= 4 is 29.5 Å². The molecule has 0 radical (unpaired) electrons. The molecule has 2 saturated heterocycles. The maximum absolute atomic E-state index is 11.9. The van der Waals surface area contributed by atoms with Crippen molar-refractivity contribution < 1.29 is 43.9 Å². The van der Waals surface area contributed by atoms with E-state index in [4.69, 9.17) is 25.8 Å². The molecule has 2 aliphatic heterocycles. The molecule has 2 heterocycles. The normalized spacial score (nSPS) is 26.9. The third-order valence-electron chi connectivity index (χ3n) is 8.36. The summed E-state index contributed by atoms with van der Waals surface area (Å²) >= 11 is 6.58. The highest BCUT2D eigenvalue weighted by Gasteiger charge is 2.61. The number of ether oxygens (including phenoxy) is 3. The van der Waals surface area contributed by atoms with Crippen LogP contribution in [0.1, 0.15) is 61.3 Å². The number of benzene rings is 2. The van der Waals surface area contributed by atoms with Crippen molar-refractivity contribution in [1.29, 1.82) is 0 Å². The van der Waals surface area contributed by atoms with Crippen LogP contribution in [0.4, 0.5) is 0 Å². The summed E-state index contributed by atoms with van der Waals surface area (Å²) in [4.78, 5) is 35.5. The second-order valence-electron chi connectivity index (χ2n) is 11.1. The zero-order chi connectivity index (χ0) is 28.4. The van der Waals surface area contributed by atoms with Crippen molar-refractivity contribution in [2.24, 2.45) is 17.8 Å². The van der Waals surface area contributed by atoms with Crippen LogP contribution in [0, 0.1) is 17.8 Å². The Kier molecular flexibility index (Phi) is 8.35. The molecule has 1 saturated carbocycles. The lowest BCUT2D eigenvalue weighted by Gasteiger charge is -2.47. The van der Waals surface area contributed by atoms with Crippen LogP contribution in [0.15, 0.2) is 42.5 Å². The van der Waals surface area contributed by atoms with E-state index in [1.807, 2.05) is 30.3 Å². The highest BCUT2D eigenvalue weighted by molar-refractivity contribution is 6.31. The van der Waals surface area contributed by atoms with Gasteiger partial charge in [0, 0.05) is 29.7 Å². The second kappa shape index (κ2) is 11.8. The van der Waals surface area contributed by atoms with E-state index in [9.17, 15) is 29.7 Å². The van der Waals surface area contributed by atoms with Crippen LogP contribution >= 0.6 is 11.6 Å². The molecule has 5 rings (SSSR count). The first-order valence-electron chi connectivity index (χ1n) is 13.6. The molecule has 3 N–H and O–H groups in total. The first-order valence-corrected chi connectivity index (χ1v) is 14.0. The smallest absolute Gasteiger partial charge is 0.303 e. The largest absolute Gasteiger partial charge is 0.488 e. The number of aliphatic carboxylic acids is 3. The van der Waals surface area contributed by atoms with Gasteiger partial charge >= 0.3 is 17.9 Å². The minimum absolute atomic E-state index is 0.0565. The van der Waals surface area contributed by atoms with Gasteiger partial charge in [0.1, 0.15) is 11.9 Å². The number of carboxylic acid groups (broad SMARTS) is 3. The number of halogens is 1. The fraction of sp³-hybridized carbons (Fsp3) is 0.500. The molecule has 0 bridgehead atoms. The van der Waals surface area contributed by atoms with Gasteiger partial charge in [-0.1, -0.05) is 35.9 Å². The van der Waals surface area contributed by atoms with Crippen LogP contribution in [0.25, 0.3) is 0 Å². The van der Waals surface area contributed by atoms with Crippen LogP contribution < -0.4 is 4.74 Å². The number of carboxylic acids is 3. The van der Waals surface area contributed by atoms with Gasteiger partial charge in [-0.25, -0.2) is 0 Å². The van der Waals surface area contributed by atoms with Gasteiger partial charge in [-0.3, -0.25) is 14.4 Å². The van der Waals surface area contributed by atoms with Gasteiger partial charge < -0.3 is 29.5 Å². The molecule has 0 unspecified atom stereocenters. The summed E-state index contributed by atoms with van der Waals surface area (Å²) in [6, 6.07) is 13.2. The number of hydrogen-bond donors (Lipinski definition) is 3. The molecule has 5 atom stereocenters. The lowest BCUT2D eigenvalue weighted by molar-refractivity contribution is -0.185. The molecule has 1 spiro atoms. The van der Waals surface area contributed by atoms with Crippen LogP contribution in [0.5, 0.6) is 5.75 Å². The minimum Gasteiger partial charge on any atom is -0.488 e. The molecule has 3 aliphatic rings. The Hall–Kier alpha value is -3.14. The predicted molar refractivity (Wildman–Crippen MR) is 144 cm³/mol. The molecule has 9 nitrogen and oxygen atoms in total. The Morgan fingerprint density at radius 3 is 2.20 bits per heavy atom. The van der Waals surface area contributed by atoms with Crippen molar-refractivity contribution in [3.05, 3.63) is 64.2 Å². The first kappa shape index (κ1) is 28.4. The summed E-state index contributed by atoms with van der Waals surface area (Å²) in [7, 11) is 0. The highest BCUT2D eigenvalue weighted by Crippen LogP contribution is 2.61. The van der Waals surface area contributed by atoms with Crippen LogP contribution in [0.2, 0.25) is 5.02 Å². The predicted octanol–water partition coefficient (Wildman–Crippen LogP) is 4.98. The molecule has 40 heavy (non-hydrogen) atoms. The Labute approximate surface area is 237 Å². The molecule has 214 valence electrons. The van der Waals surface area contributed by atoms with E-state index in [2.05, 4.69) is 0 Å². The highest BCUT2D eigenvalue weighted by atomic mass is 35.5. The number of rotatable bonds is 11. The molecule has 3 fully saturated rings. The van der Waals surface area contributed by atoms with E-state index in [-0.39, 0.29) is 25.4 Å². The van der Waals surface area contributed by atoms with Crippen molar-refractivity contribution in [2.75, 3.05) is 13.2 Å². The molecule has 2 aromatic carbocycles. The van der Waals surface area contributed by atoms with E-state index in [1.165, 1.54) is 0 Å². The van der Waals surface area contributed by atoms with E-state index in [0.717, 1.165) is 23.3 Å². The van der Waals surface area contributed by atoms with Crippen LogP contribution in [-0.4, -0.2) is 58.1 Å². The first-order chi connectivity index (χ1) is 19.1. The molecule has 0 amide bonds. The maximum Gasteiger partial charge on any atom is 0.303 e. The summed E-state index contributed by atoms with van der Waals surface area (Å²) in [5, 5.41) is 29.6. The van der Waals surface area contributed by atoms with Gasteiger partial charge in [0.25, 0.3) is 0 Å². The number of carbonyl (C=O) groups is 3. The van der Waals surface area contributed by atoms with Crippen molar-refractivity contribution in [3.8, 4) is 5.75 Å². The van der Waals surface area contributed by atoms with Crippen molar-refractivity contribution in [3.63, 3.8) is 0 Å². The monoisotopic (exact) mass is 572 g/mol. The topological polar surface area (TPSA) is 140 Å². The van der Waals surface area contributed by atoms with Crippen molar-refractivity contribution in [1.82, 2.24) is 0 Å². The van der Waals surface area contributed by atoms with Gasteiger partial charge in [0.2, 0.25) is 0 Å². The van der Waals surface area contributed by atoms with Crippen molar-refractivity contribution in [2.45, 2.75) is 62.8 Å². The third kappa shape index (κ3) is 6.43. The lowest BCUT2D eigenvalue weighted by atomic mass is 9.67. The number of hydrogen-bond acceptors (Lipinski definition) is 6. The maximum atomic E-state index is 11.9. The summed E-state index contributed by atoms with van der Waals surface area (Å²) in [6.45, 7) is 1.29. The van der Waals surface area contributed by atoms with E-state index in [1.54, 1.807) is 12.1 Å². The average molecular weight is 573 g/mol. The molecule has 1 aliphatic carbocycles. The van der Waals surface area contributed by atoms with Gasteiger partial charge in [-0.2, -0.15) is 0 Å². The molecule has 2 aromatic rings. The third-order valence-corrected chi connectivity index (χ3v) is 8.73. The fourth-order valence-corrected chi connectivity index (χ4v) is 6.54. The van der Waals surface area contributed by atoms with E-state index in [0.29, 0.717) is 43.1 Å². The van der Waals surface area contributed by atoms with E-state index >= 15 is 0 Å². The second-order valence-corrected chi connectivity index (χ2v) is 11.5. The van der Waals surface area contributed by atoms with Crippen LogP contribution in [0.3, 0.4) is 0 Å². The Balaban J connectivity index is 1.41. The molecule has 0 aromatic heterocycles.